The molecule has 0 radical (unpaired) electrons. The van der Waals surface area contributed by atoms with E-state index in [4.69, 9.17) is 17.2 Å². The number of benzene rings is 1. The average molecular weight is 291 g/mol. The molecule has 0 spiro atoms. The highest BCUT2D eigenvalue weighted by Gasteiger charge is 2.18. The summed E-state index contributed by atoms with van der Waals surface area (Å²) >= 11 is 0. The van der Waals surface area contributed by atoms with Crippen molar-refractivity contribution < 1.29 is 9.59 Å². The van der Waals surface area contributed by atoms with Gasteiger partial charge in [0.1, 0.15) is 6.04 Å². The van der Waals surface area contributed by atoms with Crippen LogP contribution in [0.1, 0.15) is 29.6 Å². The number of amides is 2. The van der Waals surface area contributed by atoms with Crippen molar-refractivity contribution >= 4 is 17.8 Å². The molecule has 114 valence electrons. The van der Waals surface area contributed by atoms with Crippen LogP contribution < -0.4 is 22.5 Å². The van der Waals surface area contributed by atoms with E-state index in [0.717, 1.165) is 0 Å². The monoisotopic (exact) mass is 291 g/mol. The molecule has 21 heavy (non-hydrogen) atoms. The van der Waals surface area contributed by atoms with Crippen molar-refractivity contribution in [2.75, 3.05) is 6.54 Å². The van der Waals surface area contributed by atoms with Gasteiger partial charge in [0, 0.05) is 12.1 Å². The molecule has 2 amide bonds. The number of carbonyl (C=O) groups is 2. The van der Waals surface area contributed by atoms with E-state index in [1.807, 2.05) is 6.07 Å². The van der Waals surface area contributed by atoms with Crippen LogP contribution in [0.15, 0.2) is 35.3 Å². The van der Waals surface area contributed by atoms with E-state index in [1.165, 1.54) is 0 Å². The number of nitrogens with two attached hydrogens (primary N) is 3. The summed E-state index contributed by atoms with van der Waals surface area (Å²) in [7, 11) is 0. The number of carbonyl (C=O) groups excluding carboxylic acids is 2. The maximum atomic E-state index is 12.0. The first-order valence-electron chi connectivity index (χ1n) is 6.71. The lowest BCUT2D eigenvalue weighted by molar-refractivity contribution is -0.120. The summed E-state index contributed by atoms with van der Waals surface area (Å²) in [5.74, 6) is -0.830. The maximum Gasteiger partial charge on any atom is 0.251 e. The molecule has 0 aliphatic carbocycles. The van der Waals surface area contributed by atoms with Crippen molar-refractivity contribution in [2.45, 2.75) is 25.3 Å². The molecule has 1 aromatic carbocycles. The highest BCUT2D eigenvalue weighted by atomic mass is 16.2. The fourth-order valence-electron chi connectivity index (χ4n) is 1.79. The Labute approximate surface area is 123 Å². The van der Waals surface area contributed by atoms with Crippen LogP contribution >= 0.6 is 0 Å². The molecule has 7 nitrogen and oxygen atoms in total. The largest absolute Gasteiger partial charge is 0.370 e. The van der Waals surface area contributed by atoms with Crippen LogP contribution in [0.3, 0.4) is 0 Å². The molecule has 0 heterocycles. The zero-order valence-electron chi connectivity index (χ0n) is 11.8. The number of guanidine groups is 1. The summed E-state index contributed by atoms with van der Waals surface area (Å²) in [5, 5.41) is 2.63. The molecule has 1 rings (SSSR count). The summed E-state index contributed by atoms with van der Waals surface area (Å²) in [4.78, 5) is 27.2. The topological polar surface area (TPSA) is 137 Å². The maximum absolute atomic E-state index is 12.0. The molecule has 0 aliphatic rings. The first-order valence-corrected chi connectivity index (χ1v) is 6.71. The van der Waals surface area contributed by atoms with Gasteiger partial charge in [0.25, 0.3) is 5.91 Å². The van der Waals surface area contributed by atoms with Crippen LogP contribution in [0.4, 0.5) is 0 Å². The summed E-state index contributed by atoms with van der Waals surface area (Å²) < 4.78 is 0. The van der Waals surface area contributed by atoms with Crippen molar-refractivity contribution in [2.24, 2.45) is 22.2 Å². The van der Waals surface area contributed by atoms with E-state index in [2.05, 4.69) is 10.3 Å². The fourth-order valence-corrected chi connectivity index (χ4v) is 1.79. The van der Waals surface area contributed by atoms with Gasteiger partial charge >= 0.3 is 0 Å². The predicted octanol–water partition coefficient (Wildman–Crippen LogP) is -0.286. The van der Waals surface area contributed by atoms with E-state index in [-0.39, 0.29) is 11.9 Å². The Balaban J connectivity index is 2.45. The molecule has 0 unspecified atom stereocenters. The van der Waals surface area contributed by atoms with Gasteiger partial charge in [-0.25, -0.2) is 0 Å². The van der Waals surface area contributed by atoms with Crippen LogP contribution in [-0.4, -0.2) is 30.4 Å². The number of primary amides is 1. The molecule has 0 aromatic heterocycles. The molecule has 1 atom stereocenters. The second-order valence-corrected chi connectivity index (χ2v) is 4.60. The lowest BCUT2D eigenvalue weighted by atomic mass is 10.1. The molecule has 0 fully saturated rings. The first-order chi connectivity index (χ1) is 10.0. The predicted molar refractivity (Wildman–Crippen MR) is 81.4 cm³/mol. The Hall–Kier alpha value is -2.57. The highest BCUT2D eigenvalue weighted by Crippen LogP contribution is 2.04. The van der Waals surface area contributed by atoms with E-state index in [0.29, 0.717) is 31.4 Å². The zero-order chi connectivity index (χ0) is 15.7. The van der Waals surface area contributed by atoms with Crippen LogP contribution in [0.5, 0.6) is 0 Å². The minimum Gasteiger partial charge on any atom is -0.370 e. The normalized spacial score (nSPS) is 11.4. The first kappa shape index (κ1) is 16.5. The minimum atomic E-state index is -0.697. The van der Waals surface area contributed by atoms with Crippen molar-refractivity contribution in [3.8, 4) is 0 Å². The molecule has 0 bridgehead atoms. The molecule has 1 aromatic rings. The van der Waals surface area contributed by atoms with Crippen LogP contribution in [0.2, 0.25) is 0 Å². The standard InChI is InChI=1S/C14H21N5O2/c15-12(20)11(8-4-5-9-18-14(16)17)19-13(21)10-6-2-1-3-7-10/h1-3,6-7,11H,4-5,8-9H2,(H2,15,20)(H,19,21)(H4,16,17,18)/t11-/m0/s1. The van der Waals surface area contributed by atoms with Gasteiger partial charge in [0.05, 0.1) is 0 Å². The van der Waals surface area contributed by atoms with Crippen LogP contribution in [0.25, 0.3) is 0 Å². The fraction of sp³-hybridized carbons (Fsp3) is 0.357. The second-order valence-electron chi connectivity index (χ2n) is 4.60. The lowest BCUT2D eigenvalue weighted by Crippen LogP contribution is -2.44. The van der Waals surface area contributed by atoms with E-state index in [9.17, 15) is 9.59 Å². The number of nitrogens with zero attached hydrogens (tertiary/aromatic N) is 1. The van der Waals surface area contributed by atoms with E-state index >= 15 is 0 Å². The smallest absolute Gasteiger partial charge is 0.251 e. The van der Waals surface area contributed by atoms with Gasteiger partial charge in [-0.1, -0.05) is 18.2 Å². The number of rotatable bonds is 8. The van der Waals surface area contributed by atoms with E-state index in [1.54, 1.807) is 24.3 Å². The Morgan fingerprint density at radius 3 is 2.33 bits per heavy atom. The summed E-state index contributed by atoms with van der Waals surface area (Å²) in [5.41, 5.74) is 16.2. The third-order valence-corrected chi connectivity index (χ3v) is 2.88. The van der Waals surface area contributed by atoms with E-state index < -0.39 is 11.9 Å². The third-order valence-electron chi connectivity index (χ3n) is 2.88. The summed E-state index contributed by atoms with van der Waals surface area (Å²) in [6, 6.07) is 7.97. The number of hydrogen-bond donors (Lipinski definition) is 4. The van der Waals surface area contributed by atoms with Gasteiger partial charge in [-0.2, -0.15) is 0 Å². The number of nitrogens with one attached hydrogen (secondary N) is 1. The Bertz CT molecular complexity index is 497. The van der Waals surface area contributed by atoms with Gasteiger partial charge in [-0.05, 0) is 31.4 Å². The molecular formula is C14H21N5O2. The third kappa shape index (κ3) is 6.42. The number of hydrogen-bond acceptors (Lipinski definition) is 3. The second kappa shape index (κ2) is 8.57. The summed E-state index contributed by atoms with van der Waals surface area (Å²) in [6.45, 7) is 0.487. The Kier molecular flexibility index (Phi) is 6.73. The van der Waals surface area contributed by atoms with Gasteiger partial charge in [0.15, 0.2) is 5.96 Å². The van der Waals surface area contributed by atoms with Crippen molar-refractivity contribution in [1.82, 2.24) is 5.32 Å². The summed E-state index contributed by atoms with van der Waals surface area (Å²) in [6.07, 6.45) is 1.84. The minimum absolute atomic E-state index is 0.0406. The quantitative estimate of drug-likeness (QED) is 0.297. The van der Waals surface area contributed by atoms with Gasteiger partial charge in [-0.3, -0.25) is 14.6 Å². The molecular weight excluding hydrogens is 270 g/mol. The average Bonchev–Trinajstić information content (AvgIpc) is 2.45. The Morgan fingerprint density at radius 2 is 1.76 bits per heavy atom. The van der Waals surface area contributed by atoms with Crippen LogP contribution in [0, 0.1) is 0 Å². The Morgan fingerprint density at radius 1 is 1.10 bits per heavy atom. The highest BCUT2D eigenvalue weighted by molar-refractivity contribution is 5.97. The SMILES string of the molecule is NC(=O)[C@H](CCCCN=C(N)N)NC(=O)c1ccccc1. The molecule has 7 heteroatoms. The zero-order valence-corrected chi connectivity index (χ0v) is 11.8. The van der Waals surface area contributed by atoms with Crippen molar-refractivity contribution in [1.29, 1.82) is 0 Å². The van der Waals surface area contributed by atoms with Gasteiger partial charge < -0.3 is 22.5 Å². The lowest BCUT2D eigenvalue weighted by Gasteiger charge is -2.15. The molecule has 0 saturated heterocycles. The van der Waals surface area contributed by atoms with Gasteiger partial charge in [0.2, 0.25) is 5.91 Å². The number of aliphatic imine (C=N–C) groups is 1. The molecule has 0 saturated carbocycles. The van der Waals surface area contributed by atoms with Crippen molar-refractivity contribution in [3.05, 3.63) is 35.9 Å². The van der Waals surface area contributed by atoms with Gasteiger partial charge in [-0.15, -0.1) is 0 Å². The number of unbranched alkanes of at least 4 members (excludes halogenated alkanes) is 1. The molecule has 7 N–H and O–H groups in total. The van der Waals surface area contributed by atoms with Crippen LogP contribution in [-0.2, 0) is 4.79 Å². The van der Waals surface area contributed by atoms with Crippen molar-refractivity contribution in [3.63, 3.8) is 0 Å². The molecule has 0 aliphatic heterocycles.